The Balaban J connectivity index is 1.97. The fourth-order valence-electron chi connectivity index (χ4n) is 2.27. The quantitative estimate of drug-likeness (QED) is 0.647. The third kappa shape index (κ3) is 5.94. The lowest BCUT2D eigenvalue weighted by Gasteiger charge is -2.15. The minimum Gasteiger partial charge on any atom is -0.481 e. The molecule has 1 atom stereocenters. The van der Waals surface area contributed by atoms with E-state index in [9.17, 15) is 13.2 Å². The summed E-state index contributed by atoms with van der Waals surface area (Å²) in [5.41, 5.74) is 1.68. The molecule has 27 heavy (non-hydrogen) atoms. The third-order valence-electron chi connectivity index (χ3n) is 3.86. The van der Waals surface area contributed by atoms with Gasteiger partial charge in [0, 0.05) is 12.2 Å². The van der Waals surface area contributed by atoms with Crippen LogP contribution in [0.1, 0.15) is 19.4 Å². The molecular weight excluding hydrogens is 364 g/mol. The van der Waals surface area contributed by atoms with Crippen molar-refractivity contribution in [1.82, 2.24) is 4.72 Å². The molecular formula is C20H24N2O4S. The summed E-state index contributed by atoms with van der Waals surface area (Å²) in [5, 5.41) is 2.71. The first-order valence-corrected chi connectivity index (χ1v) is 10.1. The number of aryl methyl sites for hydroxylation is 1. The molecule has 0 bridgehead atoms. The molecule has 0 aliphatic rings. The summed E-state index contributed by atoms with van der Waals surface area (Å²) in [5.74, 6) is 0.291. The van der Waals surface area contributed by atoms with Gasteiger partial charge in [0.1, 0.15) is 5.75 Å². The Morgan fingerprint density at radius 3 is 2.33 bits per heavy atom. The maximum absolute atomic E-state index is 12.3. The van der Waals surface area contributed by atoms with Gasteiger partial charge in [0.05, 0.1) is 4.90 Å². The van der Waals surface area contributed by atoms with Gasteiger partial charge in [-0.3, -0.25) is 4.79 Å². The number of hydrogen-bond donors (Lipinski definition) is 2. The summed E-state index contributed by atoms with van der Waals surface area (Å²) in [4.78, 5) is 12.4. The van der Waals surface area contributed by atoms with Gasteiger partial charge in [-0.25, -0.2) is 13.1 Å². The first kappa shape index (κ1) is 20.7. The Labute approximate surface area is 160 Å². The largest absolute Gasteiger partial charge is 0.481 e. The molecule has 0 spiro atoms. The molecule has 0 radical (unpaired) electrons. The van der Waals surface area contributed by atoms with E-state index in [0.717, 1.165) is 6.42 Å². The molecule has 2 aromatic carbocycles. The lowest BCUT2D eigenvalue weighted by Crippen LogP contribution is -2.30. The van der Waals surface area contributed by atoms with Crippen LogP contribution in [0.3, 0.4) is 0 Å². The van der Waals surface area contributed by atoms with Gasteiger partial charge in [0.25, 0.3) is 5.91 Å². The van der Waals surface area contributed by atoms with Crippen LogP contribution in [0, 0.1) is 0 Å². The van der Waals surface area contributed by atoms with Gasteiger partial charge in [-0.2, -0.15) is 0 Å². The van der Waals surface area contributed by atoms with E-state index in [0.29, 0.717) is 11.4 Å². The van der Waals surface area contributed by atoms with Gasteiger partial charge in [-0.15, -0.1) is 6.58 Å². The Kier molecular flexibility index (Phi) is 7.15. The van der Waals surface area contributed by atoms with Crippen LogP contribution in [-0.2, 0) is 21.2 Å². The number of amides is 1. The second-order valence-electron chi connectivity index (χ2n) is 5.91. The van der Waals surface area contributed by atoms with Crippen molar-refractivity contribution < 1.29 is 17.9 Å². The minimum absolute atomic E-state index is 0.114. The Morgan fingerprint density at radius 1 is 1.15 bits per heavy atom. The topological polar surface area (TPSA) is 84.5 Å². The number of sulfonamides is 1. The maximum Gasteiger partial charge on any atom is 0.265 e. The molecule has 1 amide bonds. The molecule has 0 fully saturated rings. The number of anilines is 1. The van der Waals surface area contributed by atoms with Crippen LogP contribution in [0.2, 0.25) is 0 Å². The Morgan fingerprint density at radius 2 is 1.78 bits per heavy atom. The fourth-order valence-corrected chi connectivity index (χ4v) is 3.27. The molecule has 0 heterocycles. The second kappa shape index (κ2) is 9.34. The van der Waals surface area contributed by atoms with Gasteiger partial charge in [-0.1, -0.05) is 25.1 Å². The predicted molar refractivity (Wildman–Crippen MR) is 106 cm³/mol. The molecule has 0 aromatic heterocycles. The van der Waals surface area contributed by atoms with E-state index in [1.165, 1.54) is 35.9 Å². The van der Waals surface area contributed by atoms with Crippen LogP contribution in [0.15, 0.2) is 66.1 Å². The van der Waals surface area contributed by atoms with Crippen LogP contribution in [0.4, 0.5) is 5.69 Å². The highest BCUT2D eigenvalue weighted by molar-refractivity contribution is 7.89. The molecule has 2 aromatic rings. The summed E-state index contributed by atoms with van der Waals surface area (Å²) in [6, 6.07) is 13.5. The molecule has 0 saturated carbocycles. The molecule has 0 aliphatic heterocycles. The number of rotatable bonds is 9. The smallest absolute Gasteiger partial charge is 0.265 e. The molecule has 144 valence electrons. The normalized spacial score (nSPS) is 12.2. The highest BCUT2D eigenvalue weighted by atomic mass is 32.2. The van der Waals surface area contributed by atoms with E-state index in [1.54, 1.807) is 6.92 Å². The maximum atomic E-state index is 12.3. The molecule has 2 rings (SSSR count). The van der Waals surface area contributed by atoms with Crippen LogP contribution in [-0.4, -0.2) is 27.0 Å². The number of carbonyl (C=O) groups is 1. The van der Waals surface area contributed by atoms with Crippen molar-refractivity contribution in [3.05, 3.63) is 66.7 Å². The van der Waals surface area contributed by atoms with E-state index in [-0.39, 0.29) is 17.3 Å². The van der Waals surface area contributed by atoms with Crippen molar-refractivity contribution in [2.45, 2.75) is 31.3 Å². The van der Waals surface area contributed by atoms with Gasteiger partial charge >= 0.3 is 0 Å². The molecule has 7 heteroatoms. The van der Waals surface area contributed by atoms with E-state index >= 15 is 0 Å². The lowest BCUT2D eigenvalue weighted by atomic mass is 10.2. The number of hydrogen-bond acceptors (Lipinski definition) is 4. The van der Waals surface area contributed by atoms with Gasteiger partial charge in [0.15, 0.2) is 6.10 Å². The highest BCUT2D eigenvalue weighted by Crippen LogP contribution is 2.17. The van der Waals surface area contributed by atoms with Gasteiger partial charge in [0.2, 0.25) is 10.0 Å². The number of ether oxygens (including phenoxy) is 1. The summed E-state index contributed by atoms with van der Waals surface area (Å²) in [6.07, 6.45) is 1.70. The summed E-state index contributed by atoms with van der Waals surface area (Å²) >= 11 is 0. The van der Waals surface area contributed by atoms with Gasteiger partial charge < -0.3 is 10.1 Å². The molecule has 0 saturated heterocycles. The number of benzene rings is 2. The van der Waals surface area contributed by atoms with E-state index in [1.807, 2.05) is 24.3 Å². The zero-order valence-electron chi connectivity index (χ0n) is 15.4. The first-order chi connectivity index (χ1) is 12.9. The lowest BCUT2D eigenvalue weighted by molar-refractivity contribution is -0.122. The van der Waals surface area contributed by atoms with Crippen LogP contribution in [0.25, 0.3) is 0 Å². The number of carbonyl (C=O) groups excluding carboxylic acids is 1. The zero-order chi connectivity index (χ0) is 19.9. The van der Waals surface area contributed by atoms with Gasteiger partial charge in [-0.05, 0) is 55.3 Å². The monoisotopic (exact) mass is 388 g/mol. The summed E-state index contributed by atoms with van der Waals surface area (Å²) in [7, 11) is -3.59. The van der Waals surface area contributed by atoms with Crippen molar-refractivity contribution in [3.8, 4) is 5.75 Å². The van der Waals surface area contributed by atoms with Crippen LogP contribution in [0.5, 0.6) is 5.75 Å². The predicted octanol–water partition coefficient (Wildman–Crippen LogP) is 3.12. The van der Waals surface area contributed by atoms with Crippen molar-refractivity contribution in [1.29, 1.82) is 0 Å². The standard InChI is InChI=1S/C20H24N2O4S/c1-4-14-21-27(24,25)19-12-8-17(9-13-19)22-20(23)15(3)26-18-10-6-16(5-2)7-11-18/h4,6-13,15,21H,1,5,14H2,2-3H3,(H,22,23). The third-order valence-corrected chi connectivity index (χ3v) is 5.30. The van der Waals surface area contributed by atoms with E-state index in [4.69, 9.17) is 4.74 Å². The first-order valence-electron chi connectivity index (χ1n) is 8.63. The average Bonchev–Trinajstić information content (AvgIpc) is 2.67. The van der Waals surface area contributed by atoms with Crippen molar-refractivity contribution in [2.75, 3.05) is 11.9 Å². The molecule has 0 aliphatic carbocycles. The van der Waals surface area contributed by atoms with Crippen molar-refractivity contribution >= 4 is 21.6 Å². The van der Waals surface area contributed by atoms with E-state index < -0.39 is 16.1 Å². The van der Waals surface area contributed by atoms with Crippen LogP contribution < -0.4 is 14.8 Å². The van der Waals surface area contributed by atoms with Crippen molar-refractivity contribution in [2.24, 2.45) is 0 Å². The zero-order valence-corrected chi connectivity index (χ0v) is 16.3. The molecule has 1 unspecified atom stereocenters. The summed E-state index contributed by atoms with van der Waals surface area (Å²) in [6.45, 7) is 7.34. The van der Waals surface area contributed by atoms with Crippen molar-refractivity contribution in [3.63, 3.8) is 0 Å². The minimum atomic E-state index is -3.59. The summed E-state index contributed by atoms with van der Waals surface area (Å²) < 4.78 is 32.1. The van der Waals surface area contributed by atoms with Crippen LogP contribution >= 0.6 is 0 Å². The Hall–Kier alpha value is -2.64. The average molecular weight is 388 g/mol. The molecule has 6 nitrogen and oxygen atoms in total. The SMILES string of the molecule is C=CCNS(=O)(=O)c1ccc(NC(=O)C(C)Oc2ccc(CC)cc2)cc1. The molecule has 2 N–H and O–H groups in total. The van der Waals surface area contributed by atoms with E-state index in [2.05, 4.69) is 23.5 Å². The Bertz CT molecular complexity index is 875. The second-order valence-corrected chi connectivity index (χ2v) is 7.68. The number of nitrogens with one attached hydrogen (secondary N) is 2. The fraction of sp³-hybridized carbons (Fsp3) is 0.250. The highest BCUT2D eigenvalue weighted by Gasteiger charge is 2.16.